The molecule has 37 heavy (non-hydrogen) atoms. The van der Waals surface area contributed by atoms with E-state index in [9.17, 15) is 13.5 Å². The van der Waals surface area contributed by atoms with Gasteiger partial charge in [0.1, 0.15) is 12.4 Å². The van der Waals surface area contributed by atoms with Gasteiger partial charge in [0.2, 0.25) is 10.0 Å². The van der Waals surface area contributed by atoms with Gasteiger partial charge in [0.05, 0.1) is 35.9 Å². The molecule has 0 saturated carbocycles. The minimum atomic E-state index is -3.71. The molecule has 2 aliphatic rings. The van der Waals surface area contributed by atoms with Crippen molar-refractivity contribution < 1.29 is 27.7 Å². The van der Waals surface area contributed by atoms with Gasteiger partial charge in [0.25, 0.3) is 0 Å². The highest BCUT2D eigenvalue weighted by Crippen LogP contribution is 2.34. The smallest absolute Gasteiger partial charge is 0.243 e. The third-order valence-electron chi connectivity index (χ3n) is 7.10. The summed E-state index contributed by atoms with van der Waals surface area (Å²) < 4.78 is 46.0. The van der Waals surface area contributed by atoms with Gasteiger partial charge in [-0.25, -0.2) is 8.42 Å². The van der Waals surface area contributed by atoms with Gasteiger partial charge in [-0.1, -0.05) is 23.8 Å². The number of aliphatic hydroxyl groups excluding tert-OH is 1. The number of aryl methyl sites for hydroxylation is 1. The maximum atomic E-state index is 13.6. The number of nitrogens with zero attached hydrogens (tertiary/aromatic N) is 2. The van der Waals surface area contributed by atoms with Gasteiger partial charge in [-0.3, -0.25) is 0 Å². The average Bonchev–Trinajstić information content (AvgIpc) is 2.88. The summed E-state index contributed by atoms with van der Waals surface area (Å²) in [5.74, 6) is 0.876. The van der Waals surface area contributed by atoms with Gasteiger partial charge in [-0.2, -0.15) is 4.31 Å². The molecular weight excluding hydrogens is 492 g/mol. The van der Waals surface area contributed by atoms with Crippen LogP contribution in [0.25, 0.3) is 0 Å². The molecule has 9 heteroatoms. The van der Waals surface area contributed by atoms with Crippen LogP contribution in [0.2, 0.25) is 0 Å². The lowest BCUT2D eigenvalue weighted by Gasteiger charge is -2.39. The van der Waals surface area contributed by atoms with Crippen molar-refractivity contribution in [3.8, 4) is 5.75 Å². The van der Waals surface area contributed by atoms with Crippen molar-refractivity contribution in [2.24, 2.45) is 0 Å². The molecule has 0 radical (unpaired) electrons. The summed E-state index contributed by atoms with van der Waals surface area (Å²) in [4.78, 5) is 2.59. The molecule has 2 heterocycles. The molecule has 1 N–H and O–H groups in total. The van der Waals surface area contributed by atoms with E-state index < -0.39 is 16.1 Å². The molecule has 2 aliphatic heterocycles. The highest BCUT2D eigenvalue weighted by atomic mass is 32.2. The Labute approximate surface area is 221 Å². The predicted molar refractivity (Wildman–Crippen MR) is 144 cm³/mol. The Bertz CT molecular complexity index is 1120. The number of piperidine rings is 1. The van der Waals surface area contributed by atoms with Gasteiger partial charge in [0.15, 0.2) is 0 Å². The monoisotopic (exact) mass is 532 g/mol. The van der Waals surface area contributed by atoms with E-state index in [1.807, 2.05) is 31.2 Å². The second-order valence-electron chi connectivity index (χ2n) is 10.1. The van der Waals surface area contributed by atoms with Crippen LogP contribution in [0.5, 0.6) is 5.75 Å². The van der Waals surface area contributed by atoms with Crippen molar-refractivity contribution in [2.75, 3.05) is 44.9 Å². The molecule has 2 aromatic carbocycles. The molecule has 0 aromatic heterocycles. The van der Waals surface area contributed by atoms with Crippen LogP contribution in [0, 0.1) is 6.92 Å². The SMILES string of the molecule is COCCCN1CCOc2ccc(CO[C@@H]3CC[C@@H](CC(C)O)N(S(=O)(=O)c4ccc(C)cc4)C3)cc21. The van der Waals surface area contributed by atoms with Crippen LogP contribution >= 0.6 is 0 Å². The molecule has 1 fully saturated rings. The molecule has 204 valence electrons. The summed E-state index contributed by atoms with van der Waals surface area (Å²) in [5, 5.41) is 10.0. The Hall–Kier alpha value is -2.17. The van der Waals surface area contributed by atoms with Gasteiger partial charge in [-0.05, 0) is 69.4 Å². The minimum Gasteiger partial charge on any atom is -0.490 e. The maximum Gasteiger partial charge on any atom is 0.243 e. The second-order valence-corrected chi connectivity index (χ2v) is 12.0. The highest BCUT2D eigenvalue weighted by molar-refractivity contribution is 7.89. The second kappa shape index (κ2) is 12.6. The van der Waals surface area contributed by atoms with Crippen LogP contribution in [0.1, 0.15) is 43.7 Å². The molecule has 0 spiro atoms. The lowest BCUT2D eigenvalue weighted by atomic mass is 9.98. The van der Waals surface area contributed by atoms with Crippen LogP contribution in [0.4, 0.5) is 5.69 Å². The van der Waals surface area contributed by atoms with Crippen molar-refractivity contribution in [2.45, 2.75) is 69.3 Å². The van der Waals surface area contributed by atoms with E-state index in [4.69, 9.17) is 14.2 Å². The summed E-state index contributed by atoms with van der Waals surface area (Å²) in [6.45, 7) is 7.41. The summed E-state index contributed by atoms with van der Waals surface area (Å²) in [6.07, 6.45) is 1.93. The number of benzene rings is 2. The zero-order valence-electron chi connectivity index (χ0n) is 22.1. The predicted octanol–water partition coefficient (Wildman–Crippen LogP) is 3.74. The first-order valence-electron chi connectivity index (χ1n) is 13.2. The fraction of sp³-hybridized carbons (Fsp3) is 0.571. The van der Waals surface area contributed by atoms with E-state index in [1.54, 1.807) is 26.2 Å². The molecule has 8 nitrogen and oxygen atoms in total. The number of hydrogen-bond acceptors (Lipinski definition) is 7. The molecule has 4 rings (SSSR count). The third-order valence-corrected chi connectivity index (χ3v) is 9.03. The Morgan fingerprint density at radius 3 is 2.68 bits per heavy atom. The van der Waals surface area contributed by atoms with E-state index >= 15 is 0 Å². The Morgan fingerprint density at radius 1 is 1.16 bits per heavy atom. The van der Waals surface area contributed by atoms with Crippen LogP contribution in [-0.4, -0.2) is 76.0 Å². The zero-order valence-corrected chi connectivity index (χ0v) is 23.0. The van der Waals surface area contributed by atoms with E-state index in [-0.39, 0.29) is 23.6 Å². The van der Waals surface area contributed by atoms with Crippen molar-refractivity contribution in [3.05, 3.63) is 53.6 Å². The number of aliphatic hydroxyl groups is 1. The van der Waals surface area contributed by atoms with Crippen molar-refractivity contribution in [1.82, 2.24) is 4.31 Å². The van der Waals surface area contributed by atoms with E-state index in [1.165, 1.54) is 4.31 Å². The molecule has 2 aromatic rings. The fourth-order valence-corrected chi connectivity index (χ4v) is 6.82. The Kier molecular flexibility index (Phi) is 9.47. The summed E-state index contributed by atoms with van der Waals surface area (Å²) in [7, 11) is -2.00. The van der Waals surface area contributed by atoms with Crippen molar-refractivity contribution in [3.63, 3.8) is 0 Å². The quantitative estimate of drug-likeness (QED) is 0.441. The van der Waals surface area contributed by atoms with E-state index in [0.717, 1.165) is 55.1 Å². The minimum absolute atomic E-state index is 0.226. The highest BCUT2D eigenvalue weighted by Gasteiger charge is 2.38. The standard InChI is InChI=1S/C28H40N2O6S/c1-21-5-10-26(11-6-21)37(32,33)30-19-25(9-8-24(30)17-22(2)31)36-20-23-7-12-28-27(18-23)29(14-16-35-28)13-4-15-34-3/h5-7,10-12,18,22,24-25,31H,4,8-9,13-17,19-20H2,1-3H3/t22?,24-,25+/m0/s1. The molecular formula is C28H40N2O6S. The maximum absolute atomic E-state index is 13.6. The van der Waals surface area contributed by atoms with Gasteiger partial charge < -0.3 is 24.2 Å². The zero-order chi connectivity index (χ0) is 26.4. The van der Waals surface area contributed by atoms with E-state index in [0.29, 0.717) is 26.1 Å². The summed E-state index contributed by atoms with van der Waals surface area (Å²) in [5.41, 5.74) is 3.10. The molecule has 0 amide bonds. The number of anilines is 1. The Balaban J connectivity index is 1.45. The van der Waals surface area contributed by atoms with Gasteiger partial charge in [0, 0.05) is 32.8 Å². The number of methoxy groups -OCH3 is 1. The first-order valence-corrected chi connectivity index (χ1v) is 14.6. The summed E-state index contributed by atoms with van der Waals surface area (Å²) in [6, 6.07) is 12.8. The number of hydrogen-bond donors (Lipinski definition) is 1. The first kappa shape index (κ1) is 27.9. The topological polar surface area (TPSA) is 88.5 Å². The average molecular weight is 533 g/mol. The Morgan fingerprint density at radius 2 is 1.95 bits per heavy atom. The molecule has 1 saturated heterocycles. The van der Waals surface area contributed by atoms with E-state index in [2.05, 4.69) is 11.0 Å². The number of rotatable bonds is 11. The van der Waals surface area contributed by atoms with Crippen molar-refractivity contribution >= 4 is 15.7 Å². The lowest BCUT2D eigenvalue weighted by molar-refractivity contribution is -0.0106. The lowest BCUT2D eigenvalue weighted by Crippen LogP contribution is -2.50. The number of sulfonamides is 1. The number of fused-ring (bicyclic) bond motifs is 1. The summed E-state index contributed by atoms with van der Waals surface area (Å²) >= 11 is 0. The molecule has 1 unspecified atom stereocenters. The van der Waals surface area contributed by atoms with Crippen molar-refractivity contribution in [1.29, 1.82) is 0 Å². The first-order chi connectivity index (χ1) is 17.8. The molecule has 0 aliphatic carbocycles. The van der Waals surface area contributed by atoms with Crippen LogP contribution < -0.4 is 9.64 Å². The van der Waals surface area contributed by atoms with Gasteiger partial charge in [-0.15, -0.1) is 0 Å². The molecule has 3 atom stereocenters. The fourth-order valence-electron chi connectivity index (χ4n) is 5.12. The van der Waals surface area contributed by atoms with Crippen LogP contribution in [-0.2, 0) is 26.1 Å². The normalized spacial score (nSPS) is 21.4. The van der Waals surface area contributed by atoms with Gasteiger partial charge >= 0.3 is 0 Å². The largest absolute Gasteiger partial charge is 0.490 e. The number of ether oxygens (including phenoxy) is 3. The van der Waals surface area contributed by atoms with Crippen LogP contribution in [0.3, 0.4) is 0 Å². The molecule has 0 bridgehead atoms. The third kappa shape index (κ3) is 7.03. The van der Waals surface area contributed by atoms with Crippen LogP contribution in [0.15, 0.2) is 47.4 Å².